The number of ether oxygens (including phenoxy) is 1. The van der Waals surface area contributed by atoms with E-state index in [9.17, 15) is 9.18 Å². The molecule has 0 aliphatic heterocycles. The predicted molar refractivity (Wildman–Crippen MR) is 82.9 cm³/mol. The van der Waals surface area contributed by atoms with E-state index in [0.717, 1.165) is 5.56 Å². The first-order valence-corrected chi connectivity index (χ1v) is 7.28. The Hall–Kier alpha value is -2.14. The van der Waals surface area contributed by atoms with Gasteiger partial charge >= 0.3 is 0 Å². The molecule has 1 amide bonds. The summed E-state index contributed by atoms with van der Waals surface area (Å²) >= 11 is 5.95. The monoisotopic (exact) mass is 322 g/mol. The van der Waals surface area contributed by atoms with E-state index >= 15 is 0 Å². The Labute approximate surface area is 133 Å². The second-order valence-corrected chi connectivity index (χ2v) is 4.95. The molecule has 1 N–H and O–H groups in total. The van der Waals surface area contributed by atoms with Crippen molar-refractivity contribution in [1.29, 1.82) is 0 Å². The van der Waals surface area contributed by atoms with Gasteiger partial charge in [0.15, 0.2) is 0 Å². The average Bonchev–Trinajstić information content (AvgIpc) is 2.50. The first kappa shape index (κ1) is 16.2. The first-order chi connectivity index (χ1) is 10.6. The number of carbonyl (C=O) groups excluding carboxylic acids is 1. The molecule has 0 unspecified atom stereocenters. The third-order valence-corrected chi connectivity index (χ3v) is 3.37. The van der Waals surface area contributed by atoms with E-state index in [1.165, 1.54) is 18.3 Å². The van der Waals surface area contributed by atoms with E-state index in [-0.39, 0.29) is 11.7 Å². The molecular formula is C16H16ClFN2O2. The van der Waals surface area contributed by atoms with Crippen molar-refractivity contribution in [2.75, 3.05) is 13.2 Å². The fraction of sp³-hybridized carbons (Fsp3) is 0.250. The molecule has 0 bridgehead atoms. The Balaban J connectivity index is 1.96. The van der Waals surface area contributed by atoms with Crippen molar-refractivity contribution in [3.05, 3.63) is 58.6 Å². The molecule has 1 aromatic carbocycles. The molecule has 1 aromatic heterocycles. The molecule has 1 heterocycles. The van der Waals surface area contributed by atoms with Crippen LogP contribution in [0.5, 0.6) is 5.75 Å². The Morgan fingerprint density at radius 3 is 2.95 bits per heavy atom. The molecule has 116 valence electrons. The maximum Gasteiger partial charge on any atom is 0.256 e. The van der Waals surface area contributed by atoms with Gasteiger partial charge in [0, 0.05) is 24.0 Å². The summed E-state index contributed by atoms with van der Waals surface area (Å²) in [6, 6.07) is 5.86. The van der Waals surface area contributed by atoms with Gasteiger partial charge in [-0.2, -0.15) is 0 Å². The number of hydrogen-bond acceptors (Lipinski definition) is 3. The van der Waals surface area contributed by atoms with Gasteiger partial charge < -0.3 is 10.1 Å². The quantitative estimate of drug-likeness (QED) is 0.888. The lowest BCUT2D eigenvalue weighted by Gasteiger charge is -2.10. The van der Waals surface area contributed by atoms with E-state index in [2.05, 4.69) is 10.3 Å². The highest BCUT2D eigenvalue weighted by Gasteiger charge is 2.12. The van der Waals surface area contributed by atoms with E-state index in [0.29, 0.717) is 35.9 Å². The number of hydrogen-bond donors (Lipinski definition) is 1. The van der Waals surface area contributed by atoms with E-state index < -0.39 is 0 Å². The highest BCUT2D eigenvalue weighted by Crippen LogP contribution is 2.18. The molecule has 2 aromatic rings. The van der Waals surface area contributed by atoms with Crippen molar-refractivity contribution in [3.8, 4) is 5.75 Å². The molecule has 0 aliphatic carbocycles. The molecule has 0 radical (unpaired) electrons. The fourth-order valence-electron chi connectivity index (χ4n) is 1.96. The molecule has 0 saturated heterocycles. The molecule has 0 aliphatic rings. The minimum absolute atomic E-state index is 0.269. The van der Waals surface area contributed by atoms with Gasteiger partial charge in [-0.15, -0.1) is 0 Å². The molecule has 0 spiro atoms. The van der Waals surface area contributed by atoms with Gasteiger partial charge in [-0.3, -0.25) is 9.78 Å². The molecule has 2 rings (SSSR count). The highest BCUT2D eigenvalue weighted by molar-refractivity contribution is 6.31. The highest BCUT2D eigenvalue weighted by atomic mass is 35.5. The normalized spacial score (nSPS) is 10.3. The SMILES string of the molecule is CCOc1ccncc1C(=O)NCCc1ccc(F)cc1Cl. The largest absolute Gasteiger partial charge is 0.493 e. The van der Waals surface area contributed by atoms with Crippen LogP contribution in [0.15, 0.2) is 36.7 Å². The van der Waals surface area contributed by atoms with E-state index in [1.807, 2.05) is 6.92 Å². The second kappa shape index (κ2) is 7.75. The second-order valence-electron chi connectivity index (χ2n) is 4.55. The molecule has 0 atom stereocenters. The number of nitrogens with zero attached hydrogens (tertiary/aromatic N) is 1. The summed E-state index contributed by atoms with van der Waals surface area (Å²) in [5.41, 5.74) is 1.16. The van der Waals surface area contributed by atoms with Crippen molar-refractivity contribution in [1.82, 2.24) is 10.3 Å². The Morgan fingerprint density at radius 2 is 2.23 bits per heavy atom. The van der Waals surface area contributed by atoms with Crippen LogP contribution in [0.3, 0.4) is 0 Å². The standard InChI is InChI=1S/C16H16ClFN2O2/c1-2-22-15-6-7-19-10-13(15)16(21)20-8-5-11-3-4-12(18)9-14(11)17/h3-4,6-7,9-10H,2,5,8H2,1H3,(H,20,21). The van der Waals surface area contributed by atoms with Crippen LogP contribution in [0.1, 0.15) is 22.8 Å². The van der Waals surface area contributed by atoms with Crippen LogP contribution in [0, 0.1) is 5.82 Å². The zero-order valence-electron chi connectivity index (χ0n) is 12.1. The maximum absolute atomic E-state index is 13.0. The van der Waals surface area contributed by atoms with Crippen LogP contribution in [0.4, 0.5) is 4.39 Å². The zero-order chi connectivity index (χ0) is 15.9. The molecule has 0 saturated carbocycles. The van der Waals surface area contributed by atoms with Gasteiger partial charge in [-0.1, -0.05) is 17.7 Å². The van der Waals surface area contributed by atoms with Crippen molar-refractivity contribution in [3.63, 3.8) is 0 Å². The fourth-order valence-corrected chi connectivity index (χ4v) is 2.23. The lowest BCUT2D eigenvalue weighted by atomic mass is 10.1. The van der Waals surface area contributed by atoms with E-state index in [1.54, 1.807) is 18.3 Å². The summed E-state index contributed by atoms with van der Waals surface area (Å²) < 4.78 is 18.4. The number of rotatable bonds is 6. The minimum Gasteiger partial charge on any atom is -0.493 e. The number of nitrogens with one attached hydrogen (secondary N) is 1. The van der Waals surface area contributed by atoms with Crippen LogP contribution in [-0.2, 0) is 6.42 Å². The van der Waals surface area contributed by atoms with Crippen molar-refractivity contribution in [2.45, 2.75) is 13.3 Å². The first-order valence-electron chi connectivity index (χ1n) is 6.90. The molecule has 4 nitrogen and oxygen atoms in total. The van der Waals surface area contributed by atoms with Gasteiger partial charge in [-0.25, -0.2) is 4.39 Å². The van der Waals surface area contributed by atoms with Crippen LogP contribution in [0.2, 0.25) is 5.02 Å². The van der Waals surface area contributed by atoms with Crippen LogP contribution >= 0.6 is 11.6 Å². The lowest BCUT2D eigenvalue weighted by molar-refractivity contribution is 0.0950. The summed E-state index contributed by atoms with van der Waals surface area (Å²) in [6.45, 7) is 2.69. The predicted octanol–water partition coefficient (Wildman–Crippen LogP) is 3.25. The molecule has 6 heteroatoms. The van der Waals surface area contributed by atoms with Crippen LogP contribution in [0.25, 0.3) is 0 Å². The van der Waals surface area contributed by atoms with Crippen molar-refractivity contribution >= 4 is 17.5 Å². The lowest BCUT2D eigenvalue weighted by Crippen LogP contribution is -2.26. The summed E-state index contributed by atoms with van der Waals surface area (Å²) in [4.78, 5) is 16.1. The smallest absolute Gasteiger partial charge is 0.256 e. The third-order valence-electron chi connectivity index (χ3n) is 3.02. The number of halogens is 2. The molecule has 22 heavy (non-hydrogen) atoms. The third kappa shape index (κ3) is 4.18. The molecular weight excluding hydrogens is 307 g/mol. The number of carbonyl (C=O) groups is 1. The Bertz CT molecular complexity index is 664. The summed E-state index contributed by atoms with van der Waals surface area (Å²) in [7, 11) is 0. The molecule has 0 fully saturated rings. The van der Waals surface area contributed by atoms with Crippen molar-refractivity contribution in [2.24, 2.45) is 0 Å². The van der Waals surface area contributed by atoms with Gasteiger partial charge in [-0.05, 0) is 37.1 Å². The van der Waals surface area contributed by atoms with E-state index in [4.69, 9.17) is 16.3 Å². The summed E-state index contributed by atoms with van der Waals surface area (Å²) in [5.74, 6) is -0.154. The van der Waals surface area contributed by atoms with Gasteiger partial charge in [0.25, 0.3) is 5.91 Å². The Morgan fingerprint density at radius 1 is 1.41 bits per heavy atom. The van der Waals surface area contributed by atoms with Gasteiger partial charge in [0.1, 0.15) is 11.6 Å². The van der Waals surface area contributed by atoms with Crippen LogP contribution < -0.4 is 10.1 Å². The number of aromatic nitrogens is 1. The number of pyridine rings is 1. The zero-order valence-corrected chi connectivity index (χ0v) is 12.9. The summed E-state index contributed by atoms with van der Waals surface area (Å²) in [5, 5.41) is 3.13. The maximum atomic E-state index is 13.0. The van der Waals surface area contributed by atoms with Gasteiger partial charge in [0.05, 0.1) is 12.2 Å². The number of benzene rings is 1. The van der Waals surface area contributed by atoms with Crippen molar-refractivity contribution < 1.29 is 13.9 Å². The Kier molecular flexibility index (Phi) is 5.72. The number of amides is 1. The van der Waals surface area contributed by atoms with Crippen LogP contribution in [-0.4, -0.2) is 24.0 Å². The minimum atomic E-state index is -0.380. The van der Waals surface area contributed by atoms with Gasteiger partial charge in [0.2, 0.25) is 0 Å². The topological polar surface area (TPSA) is 51.2 Å². The summed E-state index contributed by atoms with van der Waals surface area (Å²) in [6.07, 6.45) is 3.54. The average molecular weight is 323 g/mol.